The van der Waals surface area contributed by atoms with Gasteiger partial charge in [0.25, 0.3) is 0 Å². The number of hydrogen-bond donors (Lipinski definition) is 2. The molecule has 1 aliphatic heterocycles. The molecule has 0 radical (unpaired) electrons. The summed E-state index contributed by atoms with van der Waals surface area (Å²) in [5, 5.41) is 15.3. The van der Waals surface area contributed by atoms with Crippen molar-refractivity contribution in [1.29, 1.82) is 0 Å². The molecule has 4 rings (SSSR count). The van der Waals surface area contributed by atoms with Gasteiger partial charge >= 0.3 is 0 Å². The molecule has 190 valence electrons. The zero-order valence-electron chi connectivity index (χ0n) is 20.9. The fraction of sp³-hybridized carbons (Fsp3) is 0.367. The van der Waals surface area contributed by atoms with Crippen molar-refractivity contribution < 1.29 is 9.90 Å². The first-order valence-electron chi connectivity index (χ1n) is 12.6. The Morgan fingerprint density at radius 1 is 1.00 bits per heavy atom. The minimum absolute atomic E-state index is 0.0197. The number of halogens is 2. The maximum atomic E-state index is 13.1. The third kappa shape index (κ3) is 6.49. The Bertz CT molecular complexity index is 1180. The summed E-state index contributed by atoms with van der Waals surface area (Å²) in [5.74, 6) is -0.0432. The van der Waals surface area contributed by atoms with Crippen LogP contribution in [-0.2, 0) is 10.4 Å². The molecule has 4 nitrogen and oxygen atoms in total. The highest BCUT2D eigenvalue weighted by molar-refractivity contribution is 6.42. The Kier molecular flexibility index (Phi) is 8.74. The normalized spacial score (nSPS) is 17.4. The van der Waals surface area contributed by atoms with E-state index in [2.05, 4.69) is 17.1 Å². The number of amides is 1. The number of hydrogen-bond acceptors (Lipinski definition) is 3. The molecule has 0 aromatic heterocycles. The van der Waals surface area contributed by atoms with E-state index in [-0.39, 0.29) is 17.9 Å². The number of likely N-dealkylation sites (tertiary alicyclic amines) is 1. The van der Waals surface area contributed by atoms with E-state index < -0.39 is 5.60 Å². The van der Waals surface area contributed by atoms with Gasteiger partial charge in [0.1, 0.15) is 0 Å². The molecule has 1 fully saturated rings. The van der Waals surface area contributed by atoms with Crippen LogP contribution in [0.1, 0.15) is 55.2 Å². The van der Waals surface area contributed by atoms with Crippen LogP contribution in [0.15, 0.2) is 72.8 Å². The number of anilines is 1. The topological polar surface area (TPSA) is 52.6 Å². The molecule has 1 heterocycles. The van der Waals surface area contributed by atoms with Gasteiger partial charge in [-0.25, -0.2) is 0 Å². The fourth-order valence-electron chi connectivity index (χ4n) is 5.17. The van der Waals surface area contributed by atoms with Crippen molar-refractivity contribution in [1.82, 2.24) is 4.90 Å². The summed E-state index contributed by atoms with van der Waals surface area (Å²) in [5.41, 5.74) is 3.07. The molecule has 36 heavy (non-hydrogen) atoms. The van der Waals surface area contributed by atoms with Crippen molar-refractivity contribution in [3.63, 3.8) is 0 Å². The second-order valence-corrected chi connectivity index (χ2v) is 10.8. The van der Waals surface area contributed by atoms with E-state index in [1.165, 1.54) is 0 Å². The Balaban J connectivity index is 1.45. The second-order valence-electron chi connectivity index (χ2n) is 9.96. The van der Waals surface area contributed by atoms with Gasteiger partial charge in [0, 0.05) is 31.2 Å². The number of piperidine rings is 1. The molecule has 2 N–H and O–H groups in total. The lowest BCUT2D eigenvalue weighted by Gasteiger charge is -2.42. The third-order valence-corrected chi connectivity index (χ3v) is 8.19. The summed E-state index contributed by atoms with van der Waals surface area (Å²) in [7, 11) is 0. The van der Waals surface area contributed by atoms with E-state index in [9.17, 15) is 9.90 Å². The van der Waals surface area contributed by atoms with Crippen molar-refractivity contribution in [3.8, 4) is 0 Å². The van der Waals surface area contributed by atoms with Gasteiger partial charge in [-0.2, -0.15) is 0 Å². The molecule has 1 saturated heterocycles. The smallest absolute Gasteiger partial charge is 0.224 e. The Labute approximate surface area is 224 Å². The summed E-state index contributed by atoms with van der Waals surface area (Å²) in [6.07, 6.45) is 2.51. The number of benzene rings is 3. The zero-order valence-corrected chi connectivity index (χ0v) is 22.4. The van der Waals surface area contributed by atoms with Gasteiger partial charge in [-0.3, -0.25) is 4.79 Å². The monoisotopic (exact) mass is 524 g/mol. The third-order valence-electron chi connectivity index (χ3n) is 7.45. The lowest BCUT2D eigenvalue weighted by Crippen LogP contribution is -2.46. The molecule has 3 aromatic rings. The summed E-state index contributed by atoms with van der Waals surface area (Å²) < 4.78 is 0. The Morgan fingerprint density at radius 3 is 2.33 bits per heavy atom. The second kappa shape index (κ2) is 11.8. The SMILES string of the molecule is Cc1ccccc1NC(=O)CC(CC(C)N1CCC(O)(c2ccccc2)CC1)c1ccc(Cl)c(Cl)c1. The number of carbonyl (C=O) groups is 1. The predicted molar refractivity (Wildman–Crippen MR) is 149 cm³/mol. The molecule has 0 aliphatic carbocycles. The number of rotatable bonds is 8. The van der Waals surface area contributed by atoms with Gasteiger partial charge in [0.2, 0.25) is 5.91 Å². The largest absolute Gasteiger partial charge is 0.385 e. The first-order chi connectivity index (χ1) is 17.2. The highest BCUT2D eigenvalue weighted by atomic mass is 35.5. The number of aryl methyl sites for hydroxylation is 1. The van der Waals surface area contributed by atoms with E-state index in [0.717, 1.165) is 41.9 Å². The average molecular weight is 526 g/mol. The number of nitrogens with zero attached hydrogens (tertiary/aromatic N) is 1. The molecule has 2 unspecified atom stereocenters. The van der Waals surface area contributed by atoms with Crippen molar-refractivity contribution >= 4 is 34.8 Å². The average Bonchev–Trinajstić information content (AvgIpc) is 2.87. The number of para-hydroxylation sites is 1. The van der Waals surface area contributed by atoms with Gasteiger partial charge in [0.05, 0.1) is 15.6 Å². The van der Waals surface area contributed by atoms with Gasteiger partial charge in [-0.1, -0.05) is 77.8 Å². The summed E-state index contributed by atoms with van der Waals surface area (Å²) in [4.78, 5) is 15.5. The van der Waals surface area contributed by atoms with Gasteiger partial charge in [0.15, 0.2) is 0 Å². The fourth-order valence-corrected chi connectivity index (χ4v) is 5.48. The maximum Gasteiger partial charge on any atom is 0.224 e. The minimum Gasteiger partial charge on any atom is -0.385 e. The Morgan fingerprint density at radius 2 is 1.67 bits per heavy atom. The quantitative estimate of drug-likeness (QED) is 0.328. The van der Waals surface area contributed by atoms with Crippen molar-refractivity contribution in [2.75, 3.05) is 18.4 Å². The van der Waals surface area contributed by atoms with E-state index in [1.807, 2.05) is 73.7 Å². The van der Waals surface area contributed by atoms with Crippen LogP contribution in [0.3, 0.4) is 0 Å². The standard InChI is InChI=1S/C30H34Cl2N2O2/c1-21-8-6-7-11-28(21)33-29(35)20-24(23-12-13-26(31)27(32)19-23)18-22(2)34-16-14-30(36,15-17-34)25-9-4-3-5-10-25/h3-13,19,22,24,36H,14-18,20H2,1-2H3,(H,33,35). The van der Waals surface area contributed by atoms with Crippen LogP contribution in [-0.4, -0.2) is 35.0 Å². The van der Waals surface area contributed by atoms with Crippen LogP contribution in [0.4, 0.5) is 5.69 Å². The molecule has 2 atom stereocenters. The molecule has 1 aliphatic rings. The molecular weight excluding hydrogens is 491 g/mol. The van der Waals surface area contributed by atoms with Crippen LogP contribution in [0.25, 0.3) is 0 Å². The maximum absolute atomic E-state index is 13.1. The zero-order chi connectivity index (χ0) is 25.7. The van der Waals surface area contributed by atoms with Crippen molar-refractivity contribution in [2.45, 2.75) is 57.1 Å². The van der Waals surface area contributed by atoms with E-state index in [1.54, 1.807) is 6.07 Å². The first kappa shape index (κ1) is 26.7. The summed E-state index contributed by atoms with van der Waals surface area (Å²) in [6.45, 7) is 5.80. The molecule has 0 spiro atoms. The molecular formula is C30H34Cl2N2O2. The predicted octanol–water partition coefficient (Wildman–Crippen LogP) is 7.18. The molecule has 0 bridgehead atoms. The minimum atomic E-state index is -0.784. The van der Waals surface area contributed by atoms with E-state index in [0.29, 0.717) is 29.3 Å². The van der Waals surface area contributed by atoms with Crippen LogP contribution < -0.4 is 5.32 Å². The molecule has 0 saturated carbocycles. The van der Waals surface area contributed by atoms with E-state index in [4.69, 9.17) is 23.2 Å². The van der Waals surface area contributed by atoms with Crippen LogP contribution >= 0.6 is 23.2 Å². The van der Waals surface area contributed by atoms with Gasteiger partial charge < -0.3 is 15.3 Å². The van der Waals surface area contributed by atoms with Crippen LogP contribution in [0.2, 0.25) is 10.0 Å². The Hall–Kier alpha value is -2.37. The molecule has 1 amide bonds. The van der Waals surface area contributed by atoms with Gasteiger partial charge in [-0.15, -0.1) is 0 Å². The highest BCUT2D eigenvalue weighted by Gasteiger charge is 2.35. The van der Waals surface area contributed by atoms with Crippen molar-refractivity contribution in [3.05, 3.63) is 99.5 Å². The van der Waals surface area contributed by atoms with E-state index >= 15 is 0 Å². The van der Waals surface area contributed by atoms with Crippen LogP contribution in [0, 0.1) is 6.92 Å². The summed E-state index contributed by atoms with van der Waals surface area (Å²) >= 11 is 12.5. The first-order valence-corrected chi connectivity index (χ1v) is 13.3. The molecule has 3 aromatic carbocycles. The molecule has 6 heteroatoms. The number of nitrogens with one attached hydrogen (secondary N) is 1. The lowest BCUT2D eigenvalue weighted by atomic mass is 9.83. The van der Waals surface area contributed by atoms with Gasteiger partial charge in [-0.05, 0) is 73.9 Å². The summed E-state index contributed by atoms with van der Waals surface area (Å²) in [6, 6.07) is 23.6. The number of aliphatic hydroxyl groups is 1. The van der Waals surface area contributed by atoms with Crippen molar-refractivity contribution in [2.24, 2.45) is 0 Å². The lowest BCUT2D eigenvalue weighted by molar-refractivity contribution is -0.116. The highest BCUT2D eigenvalue weighted by Crippen LogP contribution is 2.36. The van der Waals surface area contributed by atoms with Crippen LogP contribution in [0.5, 0.6) is 0 Å². The number of carbonyl (C=O) groups excluding carboxylic acids is 1.